The molecule has 2 aromatic carbocycles. The summed E-state index contributed by atoms with van der Waals surface area (Å²) in [5.41, 5.74) is 3.36. The summed E-state index contributed by atoms with van der Waals surface area (Å²) in [4.78, 5) is 22.8. The maximum absolute atomic E-state index is 12.2. The van der Waals surface area contributed by atoms with E-state index in [-0.39, 0.29) is 31.5 Å². The van der Waals surface area contributed by atoms with Gasteiger partial charge in [-0.05, 0) is 48.2 Å². The Balaban J connectivity index is 1.83. The van der Waals surface area contributed by atoms with Crippen molar-refractivity contribution in [2.45, 2.75) is 44.6 Å². The maximum atomic E-state index is 12.2. The minimum absolute atomic E-state index is 0.00532. The molecule has 0 fully saturated rings. The van der Waals surface area contributed by atoms with Gasteiger partial charge in [0.05, 0.1) is 55.3 Å². The Hall–Kier alpha value is -4.18. The van der Waals surface area contributed by atoms with Gasteiger partial charge in [-0.1, -0.05) is 12.2 Å². The predicted octanol–water partition coefficient (Wildman–Crippen LogP) is 5.27. The Labute approximate surface area is 254 Å². The molecule has 0 amide bonds. The summed E-state index contributed by atoms with van der Waals surface area (Å²) in [6.45, 7) is 0.980. The Kier molecular flexibility index (Phi) is 12.3. The van der Waals surface area contributed by atoms with Gasteiger partial charge in [-0.2, -0.15) is 0 Å². The zero-order valence-electron chi connectivity index (χ0n) is 26.0. The van der Waals surface area contributed by atoms with E-state index in [0.29, 0.717) is 52.5 Å². The number of ether oxygens (including phenoxy) is 6. The second-order valence-corrected chi connectivity index (χ2v) is 10.5. The number of methoxy groups -OCH3 is 5. The highest BCUT2D eigenvalue weighted by Gasteiger charge is 2.39. The van der Waals surface area contributed by atoms with Gasteiger partial charge < -0.3 is 33.5 Å². The minimum atomic E-state index is -0.839. The van der Waals surface area contributed by atoms with Crippen molar-refractivity contribution in [1.82, 2.24) is 0 Å². The van der Waals surface area contributed by atoms with Crippen molar-refractivity contribution in [3.05, 3.63) is 65.4 Å². The first kappa shape index (κ1) is 33.3. The van der Waals surface area contributed by atoms with Gasteiger partial charge in [-0.3, -0.25) is 14.1 Å². The van der Waals surface area contributed by atoms with Crippen LogP contribution in [0.3, 0.4) is 0 Å². The summed E-state index contributed by atoms with van der Waals surface area (Å²) in [6, 6.07) is 8.06. The summed E-state index contributed by atoms with van der Waals surface area (Å²) < 4.78 is 34.0. The lowest BCUT2D eigenvalue weighted by Gasteiger charge is -2.43. The number of rotatable bonds is 16. The lowest BCUT2D eigenvalue weighted by molar-refractivity contribution is -0.893. The van der Waals surface area contributed by atoms with Crippen LogP contribution in [-0.2, 0) is 27.2 Å². The first-order chi connectivity index (χ1) is 20.7. The summed E-state index contributed by atoms with van der Waals surface area (Å²) in [5, 5.41) is 8.70. The van der Waals surface area contributed by atoms with Gasteiger partial charge in [0.15, 0.2) is 23.0 Å². The number of carbonyl (C=O) groups excluding carboxylic acids is 1. The van der Waals surface area contributed by atoms with Crippen LogP contribution in [0.25, 0.3) is 0 Å². The second-order valence-electron chi connectivity index (χ2n) is 10.5. The molecule has 2 aromatic rings. The fourth-order valence-corrected chi connectivity index (χ4v) is 5.41. The summed E-state index contributed by atoms with van der Waals surface area (Å²) in [7, 11) is 10.2. The van der Waals surface area contributed by atoms with Gasteiger partial charge in [0, 0.05) is 37.3 Å². The van der Waals surface area contributed by atoms with Crippen molar-refractivity contribution in [1.29, 1.82) is 0 Å². The molecule has 0 aromatic heterocycles. The Morgan fingerprint density at radius 3 is 2.02 bits per heavy atom. The molecule has 0 radical (unpaired) electrons. The lowest BCUT2D eigenvalue weighted by Crippen LogP contribution is -2.47. The molecule has 1 N–H and O–H groups in total. The molecule has 1 unspecified atom stereocenters. The average Bonchev–Trinajstić information content (AvgIpc) is 3.01. The van der Waals surface area contributed by atoms with Crippen molar-refractivity contribution >= 4 is 11.9 Å². The van der Waals surface area contributed by atoms with E-state index >= 15 is 0 Å². The molecule has 0 aliphatic carbocycles. The number of carbonyl (C=O) groups is 2. The fraction of sp³-hybridized carbons (Fsp3) is 0.455. The van der Waals surface area contributed by atoms with Crippen LogP contribution in [0, 0.1) is 0 Å². The van der Waals surface area contributed by atoms with Crippen molar-refractivity contribution in [3.63, 3.8) is 0 Å². The highest BCUT2D eigenvalue weighted by Crippen LogP contribution is 2.45. The van der Waals surface area contributed by atoms with Crippen molar-refractivity contribution in [2.24, 2.45) is 0 Å². The van der Waals surface area contributed by atoms with E-state index in [2.05, 4.69) is 25.4 Å². The average molecular weight is 599 g/mol. The quantitative estimate of drug-likeness (QED) is 0.157. The SMILES string of the molecule is COc1cc2c(cc1OC)[C@@H](Cc1cc(OC)c(OC)c(OC)c1)[N+](C)(/C=C/COC(=O)CC/C=C/CCC(=O)O)CC2. The number of allylic oxidation sites excluding steroid dienone is 2. The molecule has 1 aliphatic heterocycles. The molecule has 0 saturated carbocycles. The summed E-state index contributed by atoms with van der Waals surface area (Å²) in [5.74, 6) is 1.95. The van der Waals surface area contributed by atoms with Gasteiger partial charge in [-0.25, -0.2) is 0 Å². The van der Waals surface area contributed by atoms with Gasteiger partial charge in [0.2, 0.25) is 5.75 Å². The summed E-state index contributed by atoms with van der Waals surface area (Å²) >= 11 is 0. The van der Waals surface area contributed by atoms with Gasteiger partial charge in [-0.15, -0.1) is 0 Å². The van der Waals surface area contributed by atoms with Crippen LogP contribution >= 0.6 is 0 Å². The van der Waals surface area contributed by atoms with Crippen LogP contribution in [0.4, 0.5) is 0 Å². The highest BCUT2D eigenvalue weighted by molar-refractivity contribution is 5.69. The fourth-order valence-electron chi connectivity index (χ4n) is 5.41. The highest BCUT2D eigenvalue weighted by atomic mass is 16.5. The number of hydrogen-bond donors (Lipinski definition) is 1. The van der Waals surface area contributed by atoms with E-state index in [1.807, 2.05) is 24.3 Å². The van der Waals surface area contributed by atoms with Gasteiger partial charge in [0.25, 0.3) is 0 Å². The second kappa shape index (κ2) is 15.9. The van der Waals surface area contributed by atoms with Crippen LogP contribution in [0.2, 0.25) is 0 Å². The molecular weight excluding hydrogens is 554 g/mol. The van der Waals surface area contributed by atoms with Crippen LogP contribution < -0.4 is 23.7 Å². The number of benzene rings is 2. The van der Waals surface area contributed by atoms with Gasteiger partial charge >= 0.3 is 11.9 Å². The largest absolute Gasteiger partial charge is 0.493 e. The molecule has 0 saturated heterocycles. The standard InChI is InChI=1S/C33H43NO9/c1-34(15-11-17-43-32(37)13-10-8-7-9-12-31(35)36)16-14-24-21-27(38-2)28(39-3)22-25(24)26(34)18-23-19-29(40-4)33(42-6)30(20-23)41-5/h7-8,11,15,19-22,26H,9-10,12-14,16-18H2,1-6H3/p+1/b8-7+,15-11+/t26-,34?/m1/s1. The first-order valence-corrected chi connectivity index (χ1v) is 14.3. The molecular formula is C33H44NO9+. The van der Waals surface area contributed by atoms with E-state index in [1.165, 1.54) is 5.56 Å². The van der Waals surface area contributed by atoms with Crippen molar-refractivity contribution in [3.8, 4) is 28.7 Å². The number of carboxylic acids is 1. The molecule has 1 aliphatic rings. The van der Waals surface area contributed by atoms with E-state index in [9.17, 15) is 9.59 Å². The maximum Gasteiger partial charge on any atom is 0.306 e. The number of carboxylic acid groups (broad SMARTS) is 1. The molecule has 3 rings (SSSR count). The van der Waals surface area contributed by atoms with E-state index in [4.69, 9.17) is 33.5 Å². The van der Waals surface area contributed by atoms with E-state index < -0.39 is 5.97 Å². The minimum Gasteiger partial charge on any atom is -0.493 e. The smallest absolute Gasteiger partial charge is 0.306 e. The number of esters is 1. The van der Waals surface area contributed by atoms with E-state index in [0.717, 1.165) is 24.1 Å². The van der Waals surface area contributed by atoms with Crippen LogP contribution in [0.15, 0.2) is 48.7 Å². The third kappa shape index (κ3) is 8.67. The van der Waals surface area contributed by atoms with Crippen molar-refractivity contribution < 1.29 is 47.6 Å². The number of hydrogen-bond acceptors (Lipinski definition) is 8. The Morgan fingerprint density at radius 1 is 0.837 bits per heavy atom. The van der Waals surface area contributed by atoms with E-state index in [1.54, 1.807) is 41.6 Å². The Morgan fingerprint density at radius 2 is 1.44 bits per heavy atom. The van der Waals surface area contributed by atoms with Crippen LogP contribution in [0.5, 0.6) is 28.7 Å². The molecule has 43 heavy (non-hydrogen) atoms. The monoisotopic (exact) mass is 598 g/mol. The number of quaternary nitrogens is 1. The number of fused-ring (bicyclic) bond motifs is 1. The molecule has 10 nitrogen and oxygen atoms in total. The van der Waals surface area contributed by atoms with Gasteiger partial charge in [0.1, 0.15) is 12.6 Å². The number of nitrogens with zero attached hydrogens (tertiary/aromatic N) is 1. The number of aliphatic carboxylic acids is 1. The molecule has 1 heterocycles. The molecule has 0 spiro atoms. The number of likely N-dealkylation sites (N-methyl/N-ethyl adjacent to an activating group) is 1. The topological polar surface area (TPSA) is 110 Å². The third-order valence-corrected chi connectivity index (χ3v) is 7.73. The molecule has 234 valence electrons. The predicted molar refractivity (Wildman–Crippen MR) is 162 cm³/mol. The molecule has 2 atom stereocenters. The Bertz CT molecular complexity index is 1290. The third-order valence-electron chi connectivity index (χ3n) is 7.73. The first-order valence-electron chi connectivity index (χ1n) is 14.3. The molecule has 10 heteroatoms. The molecule has 0 bridgehead atoms. The normalized spacial score (nSPS) is 17.9. The van der Waals surface area contributed by atoms with Crippen LogP contribution in [0.1, 0.15) is 48.4 Å². The zero-order chi connectivity index (χ0) is 31.4. The van der Waals surface area contributed by atoms with Crippen molar-refractivity contribution in [2.75, 3.05) is 55.7 Å². The van der Waals surface area contributed by atoms with Crippen LogP contribution in [-0.4, -0.2) is 77.3 Å². The lowest BCUT2D eigenvalue weighted by atomic mass is 9.86. The summed E-state index contributed by atoms with van der Waals surface area (Å²) in [6.07, 6.45) is 10.3. The zero-order valence-corrected chi connectivity index (χ0v) is 26.0.